The number of halogens is 1. The molecule has 312 valence electrons. The molecule has 5 atom stereocenters. The summed E-state index contributed by atoms with van der Waals surface area (Å²) in [5.41, 5.74) is 0.519. The van der Waals surface area contributed by atoms with Crippen LogP contribution in [0.2, 0.25) is 23.2 Å². The zero-order chi connectivity index (χ0) is 41.4. The van der Waals surface area contributed by atoms with Crippen LogP contribution in [-0.4, -0.2) is 84.9 Å². The Bertz CT molecular complexity index is 1890. The molecule has 1 saturated carbocycles. The lowest BCUT2D eigenvalue weighted by molar-refractivity contribution is -0.141. The van der Waals surface area contributed by atoms with Gasteiger partial charge < -0.3 is 23.5 Å². The van der Waals surface area contributed by atoms with Crippen LogP contribution in [0, 0.1) is 11.8 Å². The summed E-state index contributed by atoms with van der Waals surface area (Å²) in [7, 11) is -2.92. The summed E-state index contributed by atoms with van der Waals surface area (Å²) < 4.78 is 26.1. The number of aliphatic hydroxyl groups excluding tert-OH is 1. The van der Waals surface area contributed by atoms with Crippen molar-refractivity contribution < 1.29 is 33.1 Å². The van der Waals surface area contributed by atoms with Crippen molar-refractivity contribution in [1.82, 2.24) is 15.0 Å². The van der Waals surface area contributed by atoms with Gasteiger partial charge >= 0.3 is 0 Å². The van der Waals surface area contributed by atoms with Crippen LogP contribution in [0.25, 0.3) is 5.76 Å². The third-order valence-electron chi connectivity index (χ3n) is 13.2. The van der Waals surface area contributed by atoms with E-state index in [-0.39, 0.29) is 33.9 Å². The van der Waals surface area contributed by atoms with Crippen molar-refractivity contribution in [2.75, 3.05) is 39.4 Å². The van der Waals surface area contributed by atoms with E-state index in [1.807, 2.05) is 6.07 Å². The predicted octanol–water partition coefficient (Wildman–Crippen LogP) is 10.2. The Morgan fingerprint density at radius 1 is 1.07 bits per heavy atom. The second kappa shape index (κ2) is 17.2. The van der Waals surface area contributed by atoms with Crippen LogP contribution in [0.3, 0.4) is 0 Å². The lowest BCUT2D eigenvalue weighted by Gasteiger charge is -2.55. The van der Waals surface area contributed by atoms with Crippen molar-refractivity contribution in [2.45, 2.75) is 129 Å². The van der Waals surface area contributed by atoms with Crippen LogP contribution in [0.15, 0.2) is 41.5 Å². The average molecular weight is 823 g/mol. The number of ketones is 2. The molecule has 1 unspecified atom stereocenters. The Hall–Kier alpha value is -3.22. The number of carbonyl (C=O) groups is 2. The normalized spacial score (nSPS) is 24.9. The average Bonchev–Trinajstić information content (AvgIpc) is 3.81. The molecule has 0 amide bonds. The molecule has 57 heavy (non-hydrogen) atoms. The number of nitrogens with zero attached hydrogens (tertiary/aromatic N) is 3. The SMILES string of the molecule is C=CCN(CC=C)[C@@H]1c2onc(OCCCC)c2C(=O)[C@@]2(O[Si](C)(C)C(C)(C)C)C(=O)C3=C(O)c4c(OCCCC)cc(C5CCCN5CC)c(Cl)c4C[C@H]3C[C@@H]12. The summed E-state index contributed by atoms with van der Waals surface area (Å²) in [4.78, 5) is 36.2. The van der Waals surface area contributed by atoms with Gasteiger partial charge in [-0.2, -0.15) is 0 Å². The van der Waals surface area contributed by atoms with Crippen molar-refractivity contribution in [2.24, 2.45) is 11.8 Å². The molecule has 2 aromatic rings. The first kappa shape index (κ1) is 43.4. The van der Waals surface area contributed by atoms with Gasteiger partial charge in [-0.1, -0.05) is 78.1 Å². The Labute approximate surface area is 345 Å². The van der Waals surface area contributed by atoms with Crippen LogP contribution in [0.4, 0.5) is 0 Å². The standard InChI is InChI=1S/C45H64ClN3O7Si/c1-11-16-23-53-33-27-29(32-19-18-22-48(32)15-5)37(46)30-25-28-26-31-38(49(20-13-3)21-14-4)40-36(43(47-55-40)54-24-17-12-2)42(52)45(31,56-57(9,10)44(6,7)8)41(51)34(28)39(50)35(30)33/h13-14,27-28,31-32,38,50H,3-4,11-12,15-26H2,1-2,5-10H3/t28-,31-,32?,38-,45-/m0/s1. The topological polar surface area (TPSA) is 115 Å². The van der Waals surface area contributed by atoms with Gasteiger partial charge in [0.2, 0.25) is 11.6 Å². The Balaban J connectivity index is 1.62. The highest BCUT2D eigenvalue weighted by Gasteiger charge is 2.69. The zero-order valence-corrected chi connectivity index (χ0v) is 37.2. The minimum atomic E-state index is -2.92. The highest BCUT2D eigenvalue weighted by molar-refractivity contribution is 6.74. The molecule has 1 aromatic carbocycles. The lowest BCUT2D eigenvalue weighted by atomic mass is 9.57. The van der Waals surface area contributed by atoms with Crippen LogP contribution < -0.4 is 9.47 Å². The molecule has 10 nitrogen and oxygen atoms in total. The number of aromatic nitrogens is 1. The predicted molar refractivity (Wildman–Crippen MR) is 228 cm³/mol. The van der Waals surface area contributed by atoms with Gasteiger partial charge in [0, 0.05) is 35.6 Å². The highest BCUT2D eigenvalue weighted by Crippen LogP contribution is 2.60. The van der Waals surface area contributed by atoms with Gasteiger partial charge in [0.05, 0.1) is 24.8 Å². The van der Waals surface area contributed by atoms with E-state index in [0.29, 0.717) is 61.2 Å². The van der Waals surface area contributed by atoms with E-state index in [2.05, 4.69) is 82.8 Å². The number of likely N-dealkylation sites (tertiary alicyclic amines) is 1. The van der Waals surface area contributed by atoms with Gasteiger partial charge in [-0.15, -0.1) is 13.2 Å². The van der Waals surface area contributed by atoms with Gasteiger partial charge in [-0.25, -0.2) is 0 Å². The zero-order valence-electron chi connectivity index (χ0n) is 35.5. The monoisotopic (exact) mass is 821 g/mol. The van der Waals surface area contributed by atoms with Crippen molar-refractivity contribution in [3.05, 3.63) is 70.0 Å². The third-order valence-corrected chi connectivity index (χ3v) is 18.1. The molecule has 2 heterocycles. The third kappa shape index (κ3) is 7.49. The number of carbonyl (C=O) groups excluding carboxylic acids is 2. The Morgan fingerprint density at radius 3 is 2.35 bits per heavy atom. The molecule has 1 N–H and O–H groups in total. The molecule has 0 bridgehead atoms. The molecule has 0 radical (unpaired) electrons. The Morgan fingerprint density at radius 2 is 1.74 bits per heavy atom. The number of rotatable bonds is 17. The van der Waals surface area contributed by atoms with Crippen LogP contribution in [0.5, 0.6) is 11.6 Å². The minimum absolute atomic E-state index is 0.0586. The van der Waals surface area contributed by atoms with E-state index >= 15 is 9.59 Å². The molecule has 1 saturated heterocycles. The molecule has 0 spiro atoms. The minimum Gasteiger partial charge on any atom is -0.507 e. The number of fused-ring (bicyclic) bond motifs is 4. The van der Waals surface area contributed by atoms with E-state index in [1.165, 1.54) is 0 Å². The van der Waals surface area contributed by atoms with Gasteiger partial charge in [-0.3, -0.25) is 19.4 Å². The largest absolute Gasteiger partial charge is 0.507 e. The Kier molecular flexibility index (Phi) is 13.1. The number of unbranched alkanes of at least 4 members (excludes halogenated alkanes) is 2. The molecule has 6 rings (SSSR count). The fraction of sp³-hybridized carbons (Fsp3) is 0.622. The van der Waals surface area contributed by atoms with Gasteiger partial charge in [0.25, 0.3) is 5.88 Å². The van der Waals surface area contributed by atoms with Crippen molar-refractivity contribution in [3.8, 4) is 11.6 Å². The number of ether oxygens (including phenoxy) is 2. The molecule has 12 heteroatoms. The summed E-state index contributed by atoms with van der Waals surface area (Å²) in [5, 5.41) is 17.2. The van der Waals surface area contributed by atoms with Crippen LogP contribution in [-0.2, 0) is 15.6 Å². The van der Waals surface area contributed by atoms with E-state index in [9.17, 15) is 5.11 Å². The first-order chi connectivity index (χ1) is 27.1. The number of hydrogen-bond donors (Lipinski definition) is 1. The van der Waals surface area contributed by atoms with E-state index in [1.54, 1.807) is 12.2 Å². The van der Waals surface area contributed by atoms with Crippen molar-refractivity contribution in [1.29, 1.82) is 0 Å². The first-order valence-corrected chi connectivity index (χ1v) is 24.4. The second-order valence-corrected chi connectivity index (χ2v) is 22.9. The summed E-state index contributed by atoms with van der Waals surface area (Å²) in [6, 6.07) is 1.48. The molecule has 4 aliphatic rings. The van der Waals surface area contributed by atoms with Crippen LogP contribution in [0.1, 0.15) is 131 Å². The first-order valence-electron chi connectivity index (χ1n) is 21.2. The van der Waals surface area contributed by atoms with Gasteiger partial charge in [0.1, 0.15) is 17.1 Å². The molecule has 1 aromatic heterocycles. The number of aliphatic hydroxyl groups is 1. The molecular formula is C45H64ClN3O7Si. The molecular weight excluding hydrogens is 758 g/mol. The summed E-state index contributed by atoms with van der Waals surface area (Å²) in [6.07, 6.45) is 9.76. The van der Waals surface area contributed by atoms with Gasteiger partial charge in [0.15, 0.2) is 19.7 Å². The number of Topliss-reactive ketones (excluding diaryl/α,β-unsaturated/α-hetero) is 2. The van der Waals surface area contributed by atoms with E-state index in [4.69, 9.17) is 30.0 Å². The molecule has 2 fully saturated rings. The summed E-state index contributed by atoms with van der Waals surface area (Å²) >= 11 is 7.46. The maximum atomic E-state index is 16.0. The summed E-state index contributed by atoms with van der Waals surface area (Å²) in [6.45, 7) is 28.3. The van der Waals surface area contributed by atoms with Crippen molar-refractivity contribution >= 4 is 37.2 Å². The van der Waals surface area contributed by atoms with Crippen LogP contribution >= 0.6 is 11.6 Å². The number of benzene rings is 1. The lowest BCUT2D eigenvalue weighted by Crippen LogP contribution is -2.68. The van der Waals surface area contributed by atoms with E-state index < -0.39 is 43.4 Å². The number of hydrogen-bond acceptors (Lipinski definition) is 10. The fourth-order valence-corrected chi connectivity index (χ4v) is 11.1. The van der Waals surface area contributed by atoms with Crippen molar-refractivity contribution in [3.63, 3.8) is 0 Å². The summed E-state index contributed by atoms with van der Waals surface area (Å²) in [5.74, 6) is -1.50. The van der Waals surface area contributed by atoms with E-state index in [0.717, 1.165) is 62.7 Å². The molecule has 3 aliphatic carbocycles. The quantitative estimate of drug-likeness (QED) is 0.0716. The van der Waals surface area contributed by atoms with Gasteiger partial charge in [-0.05, 0) is 98.0 Å². The maximum Gasteiger partial charge on any atom is 0.265 e. The molecule has 1 aliphatic heterocycles. The maximum absolute atomic E-state index is 16.0. The smallest absolute Gasteiger partial charge is 0.265 e. The second-order valence-electron chi connectivity index (χ2n) is 17.8. The fourth-order valence-electron chi connectivity index (χ4n) is 9.29. The highest BCUT2D eigenvalue weighted by atomic mass is 35.5.